The van der Waals surface area contributed by atoms with Crippen LogP contribution >= 0.6 is 0 Å². The van der Waals surface area contributed by atoms with Crippen LogP contribution in [-0.2, 0) is 4.74 Å². The first-order valence-corrected chi connectivity index (χ1v) is 7.35. The molecule has 0 spiro atoms. The molecule has 1 saturated heterocycles. The topological polar surface area (TPSA) is 21.3 Å². The van der Waals surface area contributed by atoms with Crippen LogP contribution in [0.2, 0.25) is 0 Å². The molecule has 1 aliphatic heterocycles. The molecule has 0 radical (unpaired) electrons. The Kier molecular flexibility index (Phi) is 3.84. The van der Waals surface area contributed by atoms with Gasteiger partial charge in [0.2, 0.25) is 0 Å². The average molecular weight is 239 g/mol. The second-order valence-corrected chi connectivity index (χ2v) is 6.94. The standard InChI is InChI=1S/C15H29NO/c1-5-15(4)11-12(8-10-17-15)16-13-7-6-9-14(13,2)3/h12-13,16H,5-11H2,1-4H3. The van der Waals surface area contributed by atoms with Crippen molar-refractivity contribution in [1.29, 1.82) is 0 Å². The fourth-order valence-electron chi connectivity index (χ4n) is 3.44. The van der Waals surface area contributed by atoms with Crippen molar-refractivity contribution < 1.29 is 4.74 Å². The zero-order chi connectivity index (χ0) is 12.5. The fourth-order valence-corrected chi connectivity index (χ4v) is 3.44. The monoisotopic (exact) mass is 239 g/mol. The summed E-state index contributed by atoms with van der Waals surface area (Å²) in [6, 6.07) is 1.38. The van der Waals surface area contributed by atoms with Gasteiger partial charge in [-0.1, -0.05) is 27.2 Å². The Bertz CT molecular complexity index is 264. The van der Waals surface area contributed by atoms with Crippen molar-refractivity contribution in [3.8, 4) is 0 Å². The molecule has 3 unspecified atom stereocenters. The second-order valence-electron chi connectivity index (χ2n) is 6.94. The largest absolute Gasteiger partial charge is 0.375 e. The summed E-state index contributed by atoms with van der Waals surface area (Å²) in [4.78, 5) is 0. The number of hydrogen-bond acceptors (Lipinski definition) is 2. The molecule has 1 heterocycles. The van der Waals surface area contributed by atoms with E-state index < -0.39 is 0 Å². The molecular weight excluding hydrogens is 210 g/mol. The van der Waals surface area contributed by atoms with Gasteiger partial charge in [0.25, 0.3) is 0 Å². The summed E-state index contributed by atoms with van der Waals surface area (Å²) in [6.45, 7) is 10.3. The first-order valence-electron chi connectivity index (χ1n) is 7.35. The molecule has 2 rings (SSSR count). The minimum Gasteiger partial charge on any atom is -0.375 e. The minimum atomic E-state index is 0.110. The summed E-state index contributed by atoms with van der Waals surface area (Å²) < 4.78 is 5.92. The highest BCUT2D eigenvalue weighted by molar-refractivity contribution is 4.94. The van der Waals surface area contributed by atoms with Gasteiger partial charge >= 0.3 is 0 Å². The first kappa shape index (κ1) is 13.4. The molecule has 0 aromatic heterocycles. The van der Waals surface area contributed by atoms with Crippen LogP contribution in [-0.4, -0.2) is 24.3 Å². The summed E-state index contributed by atoms with van der Waals surface area (Å²) >= 11 is 0. The molecule has 0 aromatic rings. The summed E-state index contributed by atoms with van der Waals surface area (Å²) in [6.07, 6.45) is 7.60. The third-order valence-electron chi connectivity index (χ3n) is 5.04. The Hall–Kier alpha value is -0.0800. The molecule has 1 saturated carbocycles. The van der Waals surface area contributed by atoms with Crippen molar-refractivity contribution in [1.82, 2.24) is 5.32 Å². The van der Waals surface area contributed by atoms with Gasteiger partial charge < -0.3 is 10.1 Å². The van der Waals surface area contributed by atoms with Crippen LogP contribution in [0.3, 0.4) is 0 Å². The lowest BCUT2D eigenvalue weighted by Crippen LogP contribution is -2.50. The first-order chi connectivity index (χ1) is 7.95. The van der Waals surface area contributed by atoms with Crippen molar-refractivity contribution >= 4 is 0 Å². The third kappa shape index (κ3) is 3.03. The van der Waals surface area contributed by atoms with Crippen LogP contribution in [0.4, 0.5) is 0 Å². The molecule has 2 nitrogen and oxygen atoms in total. The molecule has 1 N–H and O–H groups in total. The Morgan fingerprint density at radius 3 is 2.59 bits per heavy atom. The highest BCUT2D eigenvalue weighted by Crippen LogP contribution is 2.38. The lowest BCUT2D eigenvalue weighted by Gasteiger charge is -2.41. The Balaban J connectivity index is 1.91. The molecule has 0 bridgehead atoms. The molecule has 2 aliphatic rings. The van der Waals surface area contributed by atoms with Gasteiger partial charge in [-0.05, 0) is 44.4 Å². The summed E-state index contributed by atoms with van der Waals surface area (Å²) in [5, 5.41) is 3.92. The van der Waals surface area contributed by atoms with Crippen LogP contribution in [0.1, 0.15) is 66.2 Å². The Labute approximate surface area is 107 Å². The smallest absolute Gasteiger partial charge is 0.0666 e. The maximum absolute atomic E-state index is 5.92. The van der Waals surface area contributed by atoms with Crippen LogP contribution in [0.5, 0.6) is 0 Å². The maximum Gasteiger partial charge on any atom is 0.0666 e. The average Bonchev–Trinajstić information content (AvgIpc) is 2.59. The van der Waals surface area contributed by atoms with Gasteiger partial charge in [-0.3, -0.25) is 0 Å². The van der Waals surface area contributed by atoms with Crippen LogP contribution in [0.15, 0.2) is 0 Å². The quantitative estimate of drug-likeness (QED) is 0.814. The van der Waals surface area contributed by atoms with Gasteiger partial charge in [0.05, 0.1) is 5.60 Å². The lowest BCUT2D eigenvalue weighted by molar-refractivity contribution is -0.0802. The van der Waals surface area contributed by atoms with E-state index in [1.165, 1.54) is 32.1 Å². The summed E-state index contributed by atoms with van der Waals surface area (Å²) in [5.74, 6) is 0. The van der Waals surface area contributed by atoms with Gasteiger partial charge in [0.1, 0.15) is 0 Å². The fraction of sp³-hybridized carbons (Fsp3) is 1.00. The van der Waals surface area contributed by atoms with Gasteiger partial charge in [0, 0.05) is 18.7 Å². The highest BCUT2D eigenvalue weighted by atomic mass is 16.5. The van der Waals surface area contributed by atoms with E-state index in [-0.39, 0.29) is 5.60 Å². The Morgan fingerprint density at radius 2 is 2.00 bits per heavy atom. The molecule has 3 atom stereocenters. The molecule has 0 amide bonds. The molecule has 2 fully saturated rings. The second kappa shape index (κ2) is 4.89. The predicted molar refractivity (Wildman–Crippen MR) is 72.2 cm³/mol. The number of nitrogens with one attached hydrogen (secondary N) is 1. The third-order valence-corrected chi connectivity index (χ3v) is 5.04. The summed E-state index contributed by atoms with van der Waals surface area (Å²) in [7, 11) is 0. The van der Waals surface area contributed by atoms with E-state index in [4.69, 9.17) is 4.74 Å². The molecule has 2 heteroatoms. The van der Waals surface area contributed by atoms with Gasteiger partial charge in [-0.25, -0.2) is 0 Å². The minimum absolute atomic E-state index is 0.110. The van der Waals surface area contributed by atoms with Crippen LogP contribution in [0, 0.1) is 5.41 Å². The van der Waals surface area contributed by atoms with E-state index >= 15 is 0 Å². The molecule has 100 valence electrons. The van der Waals surface area contributed by atoms with Crippen LogP contribution < -0.4 is 5.32 Å². The summed E-state index contributed by atoms with van der Waals surface area (Å²) in [5.41, 5.74) is 0.597. The Morgan fingerprint density at radius 1 is 1.24 bits per heavy atom. The van der Waals surface area contributed by atoms with Crippen molar-refractivity contribution in [2.45, 2.75) is 83.9 Å². The van der Waals surface area contributed by atoms with Crippen molar-refractivity contribution in [2.75, 3.05) is 6.61 Å². The molecule has 0 aromatic carbocycles. The van der Waals surface area contributed by atoms with Gasteiger partial charge in [-0.2, -0.15) is 0 Å². The molecular formula is C15H29NO. The molecule has 17 heavy (non-hydrogen) atoms. The lowest BCUT2D eigenvalue weighted by atomic mass is 9.84. The SMILES string of the molecule is CCC1(C)CC(NC2CCCC2(C)C)CCO1. The van der Waals surface area contributed by atoms with Gasteiger partial charge in [0.15, 0.2) is 0 Å². The van der Waals surface area contributed by atoms with E-state index in [1.54, 1.807) is 0 Å². The van der Waals surface area contributed by atoms with E-state index in [0.29, 0.717) is 17.5 Å². The van der Waals surface area contributed by atoms with Crippen molar-refractivity contribution in [3.63, 3.8) is 0 Å². The normalized spacial score (nSPS) is 41.6. The van der Waals surface area contributed by atoms with E-state index in [2.05, 4.69) is 33.0 Å². The maximum atomic E-state index is 5.92. The van der Waals surface area contributed by atoms with Gasteiger partial charge in [-0.15, -0.1) is 0 Å². The number of ether oxygens (including phenoxy) is 1. The molecule has 1 aliphatic carbocycles. The highest BCUT2D eigenvalue weighted by Gasteiger charge is 2.38. The van der Waals surface area contributed by atoms with Crippen molar-refractivity contribution in [2.24, 2.45) is 5.41 Å². The number of rotatable bonds is 3. The van der Waals surface area contributed by atoms with Crippen LogP contribution in [0.25, 0.3) is 0 Å². The zero-order valence-electron chi connectivity index (χ0n) is 12.0. The predicted octanol–water partition coefficient (Wildman–Crippen LogP) is 3.50. The van der Waals surface area contributed by atoms with E-state index in [9.17, 15) is 0 Å². The van der Waals surface area contributed by atoms with E-state index in [0.717, 1.165) is 13.0 Å². The van der Waals surface area contributed by atoms with Crippen molar-refractivity contribution in [3.05, 3.63) is 0 Å². The van der Waals surface area contributed by atoms with E-state index in [1.807, 2.05) is 0 Å². The number of hydrogen-bond donors (Lipinski definition) is 1. The zero-order valence-corrected chi connectivity index (χ0v) is 12.0.